The van der Waals surface area contributed by atoms with Crippen molar-refractivity contribution in [1.29, 1.82) is 0 Å². The lowest BCUT2D eigenvalue weighted by Crippen LogP contribution is -2.38. The summed E-state index contributed by atoms with van der Waals surface area (Å²) in [7, 11) is 0. The van der Waals surface area contributed by atoms with Gasteiger partial charge in [-0.05, 0) is 25.8 Å². The zero-order chi connectivity index (χ0) is 17.4. The zero-order valence-corrected chi connectivity index (χ0v) is 13.9. The highest BCUT2D eigenvalue weighted by Gasteiger charge is 2.28. The van der Waals surface area contributed by atoms with Crippen LogP contribution in [0.4, 0.5) is 4.79 Å². The Morgan fingerprint density at radius 1 is 1.32 bits per heavy atom. The number of ether oxygens (including phenoxy) is 1. The van der Waals surface area contributed by atoms with Crippen molar-refractivity contribution in [2.45, 2.75) is 25.7 Å². The molecule has 3 aromatic rings. The minimum absolute atomic E-state index is 0.178. The van der Waals surface area contributed by atoms with Crippen LogP contribution in [0.15, 0.2) is 33.6 Å². The molecule has 2 aromatic heterocycles. The molecule has 1 aliphatic rings. The molecule has 1 fully saturated rings. The molecule has 7 heteroatoms. The van der Waals surface area contributed by atoms with Gasteiger partial charge in [-0.25, -0.2) is 4.79 Å². The van der Waals surface area contributed by atoms with Crippen LogP contribution in [0.3, 0.4) is 0 Å². The number of piperidine rings is 1. The molecule has 0 unspecified atom stereocenters. The van der Waals surface area contributed by atoms with Crippen LogP contribution in [0, 0.1) is 0 Å². The van der Waals surface area contributed by atoms with Crippen molar-refractivity contribution in [3.05, 3.63) is 40.3 Å². The Morgan fingerprint density at radius 3 is 2.76 bits per heavy atom. The highest BCUT2D eigenvalue weighted by atomic mass is 16.6. The summed E-state index contributed by atoms with van der Waals surface area (Å²) < 4.78 is 10.5. The average molecular weight is 341 g/mol. The number of likely N-dealkylation sites (tertiary alicyclic amines) is 1. The third-order valence-corrected chi connectivity index (χ3v) is 4.79. The summed E-state index contributed by atoms with van der Waals surface area (Å²) >= 11 is 0. The van der Waals surface area contributed by atoms with Gasteiger partial charge in [0.1, 0.15) is 0 Å². The summed E-state index contributed by atoms with van der Waals surface area (Å²) in [6.07, 6.45) is 1.31. The number of nitrogens with one attached hydrogen (secondary N) is 1. The van der Waals surface area contributed by atoms with E-state index in [4.69, 9.17) is 9.26 Å². The van der Waals surface area contributed by atoms with Crippen molar-refractivity contribution in [3.63, 3.8) is 0 Å². The minimum atomic E-state index is -0.263. The number of fused-ring (bicyclic) bond motifs is 3. The summed E-state index contributed by atoms with van der Waals surface area (Å²) in [5.41, 5.74) is 1.08. The van der Waals surface area contributed by atoms with E-state index in [-0.39, 0.29) is 17.6 Å². The minimum Gasteiger partial charge on any atom is -0.450 e. The fourth-order valence-electron chi connectivity index (χ4n) is 3.55. The summed E-state index contributed by atoms with van der Waals surface area (Å²) in [5, 5.41) is 6.58. The first-order chi connectivity index (χ1) is 12.2. The van der Waals surface area contributed by atoms with E-state index in [1.165, 1.54) is 0 Å². The Kier molecular flexibility index (Phi) is 3.91. The van der Waals surface area contributed by atoms with E-state index < -0.39 is 0 Å². The second kappa shape index (κ2) is 6.23. The first-order valence-corrected chi connectivity index (χ1v) is 8.51. The third-order valence-electron chi connectivity index (χ3n) is 4.79. The molecule has 0 radical (unpaired) electrons. The largest absolute Gasteiger partial charge is 0.450 e. The van der Waals surface area contributed by atoms with Crippen molar-refractivity contribution in [1.82, 2.24) is 15.0 Å². The fourth-order valence-corrected chi connectivity index (χ4v) is 3.55. The van der Waals surface area contributed by atoms with Crippen LogP contribution < -0.4 is 5.56 Å². The van der Waals surface area contributed by atoms with Crippen LogP contribution in [0.5, 0.6) is 0 Å². The van der Waals surface area contributed by atoms with Gasteiger partial charge in [0.2, 0.25) is 5.71 Å². The molecule has 1 saturated heterocycles. The van der Waals surface area contributed by atoms with Gasteiger partial charge in [-0.2, -0.15) is 0 Å². The van der Waals surface area contributed by atoms with E-state index in [0.717, 1.165) is 29.3 Å². The van der Waals surface area contributed by atoms with Crippen molar-refractivity contribution in [3.8, 4) is 0 Å². The van der Waals surface area contributed by atoms with E-state index in [1.807, 2.05) is 18.2 Å². The lowest BCUT2D eigenvalue weighted by Gasteiger charge is -2.30. The molecule has 25 heavy (non-hydrogen) atoms. The van der Waals surface area contributed by atoms with Crippen molar-refractivity contribution in [2.75, 3.05) is 19.7 Å². The van der Waals surface area contributed by atoms with E-state index in [2.05, 4.69) is 10.1 Å². The molecule has 1 N–H and O–H groups in total. The van der Waals surface area contributed by atoms with Crippen LogP contribution in [0.1, 0.15) is 31.4 Å². The number of benzene rings is 1. The summed E-state index contributed by atoms with van der Waals surface area (Å²) in [4.78, 5) is 28.5. The molecule has 3 heterocycles. The number of carbonyl (C=O) groups excluding carboxylic acids is 1. The first kappa shape index (κ1) is 15.7. The fraction of sp³-hybridized carbons (Fsp3) is 0.389. The molecule has 1 aliphatic heterocycles. The number of hydrogen-bond acceptors (Lipinski definition) is 5. The molecule has 0 saturated carbocycles. The maximum absolute atomic E-state index is 12.2. The van der Waals surface area contributed by atoms with Crippen LogP contribution >= 0.6 is 0 Å². The lowest BCUT2D eigenvalue weighted by atomic mass is 9.91. The Hall–Kier alpha value is -2.83. The maximum atomic E-state index is 12.2. The molecular weight excluding hydrogens is 322 g/mol. The Labute approximate surface area is 143 Å². The normalized spacial score (nSPS) is 15.8. The van der Waals surface area contributed by atoms with Gasteiger partial charge in [-0.1, -0.05) is 23.4 Å². The molecule has 1 amide bonds. The maximum Gasteiger partial charge on any atom is 0.409 e. The number of H-pyrrole nitrogens is 1. The smallest absolute Gasteiger partial charge is 0.409 e. The molecular formula is C18H19N3O4. The Bertz CT molecular complexity index is 983. The summed E-state index contributed by atoms with van der Waals surface area (Å²) in [6, 6.07) is 7.46. The Morgan fingerprint density at radius 2 is 2.04 bits per heavy atom. The molecule has 130 valence electrons. The second-order valence-corrected chi connectivity index (χ2v) is 6.23. The number of carbonyl (C=O) groups is 1. The van der Waals surface area contributed by atoms with Crippen LogP contribution in [0.2, 0.25) is 0 Å². The topological polar surface area (TPSA) is 88.4 Å². The summed E-state index contributed by atoms with van der Waals surface area (Å²) in [6.45, 7) is 3.43. The van der Waals surface area contributed by atoms with E-state index in [9.17, 15) is 9.59 Å². The van der Waals surface area contributed by atoms with E-state index in [0.29, 0.717) is 30.8 Å². The SMILES string of the molecule is CCOC(=O)N1CCC(c2noc3[nH]c(=O)c4ccccc4c23)CC1. The first-order valence-electron chi connectivity index (χ1n) is 8.51. The predicted molar refractivity (Wildman–Crippen MR) is 92.7 cm³/mol. The van der Waals surface area contributed by atoms with Gasteiger partial charge in [0.05, 0.1) is 17.7 Å². The highest BCUT2D eigenvalue weighted by Crippen LogP contribution is 2.34. The number of aromatic amines is 1. The number of rotatable bonds is 2. The van der Waals surface area contributed by atoms with Crippen LogP contribution in [0.25, 0.3) is 21.9 Å². The van der Waals surface area contributed by atoms with Gasteiger partial charge in [-0.15, -0.1) is 0 Å². The predicted octanol–water partition coefficient (Wildman–Crippen LogP) is 3.01. The van der Waals surface area contributed by atoms with Gasteiger partial charge in [0.15, 0.2) is 0 Å². The second-order valence-electron chi connectivity index (χ2n) is 6.23. The molecule has 0 aliphatic carbocycles. The van der Waals surface area contributed by atoms with Gasteiger partial charge in [0.25, 0.3) is 5.56 Å². The monoisotopic (exact) mass is 341 g/mol. The average Bonchev–Trinajstić information content (AvgIpc) is 3.06. The number of amides is 1. The number of aromatic nitrogens is 2. The number of nitrogens with zero attached hydrogens (tertiary/aromatic N) is 2. The number of pyridine rings is 1. The summed E-state index contributed by atoms with van der Waals surface area (Å²) in [5.74, 6) is 0.182. The number of hydrogen-bond donors (Lipinski definition) is 1. The molecule has 1 aromatic carbocycles. The molecule has 4 rings (SSSR count). The van der Waals surface area contributed by atoms with E-state index >= 15 is 0 Å². The van der Waals surface area contributed by atoms with Crippen molar-refractivity contribution < 1.29 is 14.1 Å². The third kappa shape index (κ3) is 2.65. The zero-order valence-electron chi connectivity index (χ0n) is 13.9. The van der Waals surface area contributed by atoms with Gasteiger partial charge in [-0.3, -0.25) is 9.78 Å². The van der Waals surface area contributed by atoms with E-state index in [1.54, 1.807) is 17.9 Å². The molecule has 0 spiro atoms. The lowest BCUT2D eigenvalue weighted by molar-refractivity contribution is 0.0967. The standard InChI is InChI=1S/C18H19N3O4/c1-2-24-18(23)21-9-7-11(8-10-21)15-14-12-5-3-4-6-13(12)16(22)19-17(14)25-20-15/h3-6,11H,2,7-10H2,1H3,(H,19,22). The highest BCUT2D eigenvalue weighted by molar-refractivity contribution is 6.05. The molecule has 0 atom stereocenters. The van der Waals surface area contributed by atoms with Crippen LogP contribution in [-0.4, -0.2) is 40.8 Å². The van der Waals surface area contributed by atoms with Gasteiger partial charge >= 0.3 is 6.09 Å². The van der Waals surface area contributed by atoms with Crippen molar-refractivity contribution >= 4 is 28.0 Å². The quantitative estimate of drug-likeness (QED) is 0.774. The Balaban J connectivity index is 1.68. The van der Waals surface area contributed by atoms with Gasteiger partial charge in [0, 0.05) is 29.8 Å². The molecule has 7 nitrogen and oxygen atoms in total. The van der Waals surface area contributed by atoms with Crippen molar-refractivity contribution in [2.24, 2.45) is 0 Å². The van der Waals surface area contributed by atoms with Crippen LogP contribution in [-0.2, 0) is 4.74 Å². The molecule has 0 bridgehead atoms. The van der Waals surface area contributed by atoms with Gasteiger partial charge < -0.3 is 14.2 Å².